The van der Waals surface area contributed by atoms with Crippen LogP contribution in [0.4, 0.5) is 0 Å². The second-order valence-electron chi connectivity index (χ2n) is 4.00. The van der Waals surface area contributed by atoms with Crippen molar-refractivity contribution < 1.29 is 9.84 Å². The predicted octanol–water partition coefficient (Wildman–Crippen LogP) is 2.96. The standard InChI is InChI=1S/C11H23ClO2/c1-4-7-11(3,5-2)14-9-10(13)6-8-12/h10,13H,4-9H2,1-3H3. The number of alkyl halides is 1. The minimum absolute atomic E-state index is 0.0813. The second kappa shape index (κ2) is 7.49. The molecule has 1 N–H and O–H groups in total. The van der Waals surface area contributed by atoms with Crippen LogP contribution in [0.3, 0.4) is 0 Å². The van der Waals surface area contributed by atoms with Gasteiger partial charge in [0.1, 0.15) is 0 Å². The van der Waals surface area contributed by atoms with Gasteiger partial charge in [-0.1, -0.05) is 20.3 Å². The van der Waals surface area contributed by atoms with E-state index in [4.69, 9.17) is 16.3 Å². The van der Waals surface area contributed by atoms with Crippen LogP contribution in [0.5, 0.6) is 0 Å². The predicted molar refractivity (Wildman–Crippen MR) is 60.9 cm³/mol. The Hall–Kier alpha value is 0.210. The van der Waals surface area contributed by atoms with Crippen molar-refractivity contribution in [2.24, 2.45) is 0 Å². The first-order chi connectivity index (χ1) is 6.58. The maximum Gasteiger partial charge on any atom is 0.0785 e. The van der Waals surface area contributed by atoms with Gasteiger partial charge in [-0.15, -0.1) is 11.6 Å². The molecule has 0 aromatic carbocycles. The van der Waals surface area contributed by atoms with E-state index in [-0.39, 0.29) is 5.60 Å². The zero-order valence-corrected chi connectivity index (χ0v) is 10.3. The van der Waals surface area contributed by atoms with E-state index < -0.39 is 6.10 Å². The van der Waals surface area contributed by atoms with E-state index >= 15 is 0 Å². The molecule has 0 aliphatic heterocycles. The van der Waals surface area contributed by atoms with Crippen molar-refractivity contribution in [1.82, 2.24) is 0 Å². The molecule has 86 valence electrons. The molecule has 0 aliphatic rings. The van der Waals surface area contributed by atoms with Crippen LogP contribution in [-0.2, 0) is 4.74 Å². The highest BCUT2D eigenvalue weighted by Crippen LogP contribution is 2.21. The van der Waals surface area contributed by atoms with Crippen molar-refractivity contribution in [3.05, 3.63) is 0 Å². The molecule has 0 heterocycles. The average Bonchev–Trinajstić information content (AvgIpc) is 2.16. The molecular formula is C11H23ClO2. The fourth-order valence-electron chi connectivity index (χ4n) is 1.39. The van der Waals surface area contributed by atoms with Gasteiger partial charge in [0.05, 0.1) is 18.3 Å². The third-order valence-electron chi connectivity index (χ3n) is 2.59. The van der Waals surface area contributed by atoms with E-state index in [1.807, 2.05) is 0 Å². The third-order valence-corrected chi connectivity index (χ3v) is 2.81. The molecule has 3 heteroatoms. The summed E-state index contributed by atoms with van der Waals surface area (Å²) in [6.45, 7) is 6.76. The monoisotopic (exact) mass is 222 g/mol. The largest absolute Gasteiger partial charge is 0.391 e. The summed E-state index contributed by atoms with van der Waals surface area (Å²) in [7, 11) is 0. The Morgan fingerprint density at radius 1 is 1.43 bits per heavy atom. The Morgan fingerprint density at radius 2 is 2.07 bits per heavy atom. The molecule has 0 bridgehead atoms. The van der Waals surface area contributed by atoms with Crippen LogP contribution in [0.15, 0.2) is 0 Å². The summed E-state index contributed by atoms with van der Waals surface area (Å²) in [5.74, 6) is 0.487. The first-order valence-electron chi connectivity index (χ1n) is 5.46. The highest BCUT2D eigenvalue weighted by atomic mass is 35.5. The van der Waals surface area contributed by atoms with Crippen LogP contribution in [0, 0.1) is 0 Å². The third kappa shape index (κ3) is 5.84. The SMILES string of the molecule is CCCC(C)(CC)OCC(O)CCCl. The minimum atomic E-state index is -0.421. The first kappa shape index (κ1) is 14.2. The van der Waals surface area contributed by atoms with Crippen LogP contribution in [-0.4, -0.2) is 29.3 Å². The van der Waals surface area contributed by atoms with Gasteiger partial charge in [-0.3, -0.25) is 0 Å². The van der Waals surface area contributed by atoms with Gasteiger partial charge in [-0.05, 0) is 26.2 Å². The number of ether oxygens (including phenoxy) is 1. The molecular weight excluding hydrogens is 200 g/mol. The quantitative estimate of drug-likeness (QED) is 0.640. The van der Waals surface area contributed by atoms with E-state index in [0.717, 1.165) is 19.3 Å². The molecule has 0 aliphatic carbocycles. The smallest absolute Gasteiger partial charge is 0.0785 e. The lowest BCUT2D eigenvalue weighted by molar-refractivity contribution is -0.0765. The Balaban J connectivity index is 3.81. The number of aliphatic hydroxyl groups excluding tert-OH is 1. The Morgan fingerprint density at radius 3 is 2.50 bits per heavy atom. The van der Waals surface area contributed by atoms with E-state index in [1.165, 1.54) is 0 Å². The summed E-state index contributed by atoms with van der Waals surface area (Å²) in [5, 5.41) is 9.47. The molecule has 0 fully saturated rings. The van der Waals surface area contributed by atoms with Gasteiger partial charge in [0.2, 0.25) is 0 Å². The molecule has 0 saturated heterocycles. The molecule has 14 heavy (non-hydrogen) atoms. The van der Waals surface area contributed by atoms with E-state index in [9.17, 15) is 5.11 Å². The van der Waals surface area contributed by atoms with E-state index in [2.05, 4.69) is 20.8 Å². The molecule has 0 radical (unpaired) electrons. The Kier molecular flexibility index (Phi) is 7.61. The average molecular weight is 223 g/mol. The highest BCUT2D eigenvalue weighted by Gasteiger charge is 2.22. The number of hydrogen-bond donors (Lipinski definition) is 1. The number of halogens is 1. The number of hydrogen-bond acceptors (Lipinski definition) is 2. The maximum absolute atomic E-state index is 9.47. The minimum Gasteiger partial charge on any atom is -0.391 e. The molecule has 0 spiro atoms. The molecule has 0 rings (SSSR count). The van der Waals surface area contributed by atoms with Gasteiger partial charge < -0.3 is 9.84 Å². The van der Waals surface area contributed by atoms with Crippen LogP contribution in [0.2, 0.25) is 0 Å². The topological polar surface area (TPSA) is 29.5 Å². The van der Waals surface area contributed by atoms with Crippen molar-refractivity contribution in [3.8, 4) is 0 Å². The maximum atomic E-state index is 9.47. The van der Waals surface area contributed by atoms with Crippen molar-refractivity contribution in [2.45, 2.75) is 58.2 Å². The van der Waals surface area contributed by atoms with Crippen LogP contribution in [0.25, 0.3) is 0 Å². The second-order valence-corrected chi connectivity index (χ2v) is 4.37. The first-order valence-corrected chi connectivity index (χ1v) is 5.99. The van der Waals surface area contributed by atoms with Crippen LogP contribution in [0.1, 0.15) is 46.5 Å². The van der Waals surface area contributed by atoms with Crippen LogP contribution >= 0.6 is 11.6 Å². The molecule has 0 amide bonds. The summed E-state index contributed by atoms with van der Waals surface area (Å²) in [5.41, 5.74) is -0.0813. The zero-order chi connectivity index (χ0) is 11.0. The lowest BCUT2D eigenvalue weighted by atomic mass is 9.97. The zero-order valence-electron chi connectivity index (χ0n) is 9.55. The summed E-state index contributed by atoms with van der Waals surface area (Å²) in [6, 6.07) is 0. The van der Waals surface area contributed by atoms with E-state index in [0.29, 0.717) is 18.9 Å². The fourth-order valence-corrected chi connectivity index (χ4v) is 1.64. The summed E-state index contributed by atoms with van der Waals surface area (Å²) >= 11 is 5.53. The molecule has 2 unspecified atom stereocenters. The summed E-state index contributed by atoms with van der Waals surface area (Å²) < 4.78 is 5.72. The number of aliphatic hydroxyl groups is 1. The molecule has 0 aromatic rings. The Labute approximate surface area is 92.6 Å². The van der Waals surface area contributed by atoms with Crippen LogP contribution < -0.4 is 0 Å². The normalized spacial score (nSPS) is 17.8. The van der Waals surface area contributed by atoms with Gasteiger partial charge >= 0.3 is 0 Å². The molecule has 0 saturated carbocycles. The number of rotatable bonds is 8. The summed E-state index contributed by atoms with van der Waals surface area (Å²) in [6.07, 6.45) is 3.31. The van der Waals surface area contributed by atoms with Crippen molar-refractivity contribution in [1.29, 1.82) is 0 Å². The van der Waals surface area contributed by atoms with Gasteiger partial charge in [0, 0.05) is 5.88 Å². The molecule has 2 nitrogen and oxygen atoms in total. The highest BCUT2D eigenvalue weighted by molar-refractivity contribution is 6.17. The van der Waals surface area contributed by atoms with Crippen molar-refractivity contribution in [3.63, 3.8) is 0 Å². The lowest BCUT2D eigenvalue weighted by Gasteiger charge is -2.29. The van der Waals surface area contributed by atoms with E-state index in [1.54, 1.807) is 0 Å². The Bertz CT molecular complexity index is 141. The van der Waals surface area contributed by atoms with Gasteiger partial charge in [-0.2, -0.15) is 0 Å². The molecule has 0 aromatic heterocycles. The summed E-state index contributed by atoms with van der Waals surface area (Å²) in [4.78, 5) is 0. The van der Waals surface area contributed by atoms with Gasteiger partial charge in [0.25, 0.3) is 0 Å². The van der Waals surface area contributed by atoms with Crippen molar-refractivity contribution >= 4 is 11.6 Å². The van der Waals surface area contributed by atoms with Gasteiger partial charge in [0.15, 0.2) is 0 Å². The lowest BCUT2D eigenvalue weighted by Crippen LogP contribution is -2.31. The fraction of sp³-hybridized carbons (Fsp3) is 1.00. The molecule has 2 atom stereocenters. The van der Waals surface area contributed by atoms with Gasteiger partial charge in [-0.25, -0.2) is 0 Å². The van der Waals surface area contributed by atoms with Crippen molar-refractivity contribution in [2.75, 3.05) is 12.5 Å².